The number of hydrogen-bond acceptors (Lipinski definition) is 7. The summed E-state index contributed by atoms with van der Waals surface area (Å²) < 4.78 is 18.5. The maximum absolute atomic E-state index is 11.7. The second kappa shape index (κ2) is 14.9. The summed E-state index contributed by atoms with van der Waals surface area (Å²) in [5, 5.41) is 23.6. The van der Waals surface area contributed by atoms with Crippen LogP contribution in [0.1, 0.15) is 74.3 Å². The summed E-state index contributed by atoms with van der Waals surface area (Å²) in [6.07, 6.45) is 5.64. The molecule has 0 fully saturated rings. The second-order valence-electron chi connectivity index (χ2n) is 10.7. The van der Waals surface area contributed by atoms with E-state index < -0.39 is 11.9 Å². The molecule has 41 heavy (non-hydrogen) atoms. The summed E-state index contributed by atoms with van der Waals surface area (Å²) >= 11 is 0. The van der Waals surface area contributed by atoms with Crippen LogP contribution in [0.2, 0.25) is 0 Å². The van der Waals surface area contributed by atoms with E-state index in [1.165, 1.54) is 10.8 Å². The Kier molecular flexibility index (Phi) is 11.0. The first-order chi connectivity index (χ1) is 19.8. The van der Waals surface area contributed by atoms with Crippen molar-refractivity contribution in [2.45, 2.75) is 71.0 Å². The molecule has 2 aromatic carbocycles. The van der Waals surface area contributed by atoms with Crippen LogP contribution >= 0.6 is 0 Å². The number of nitrogens with zero attached hydrogens (tertiary/aromatic N) is 1. The first-order valence-corrected chi connectivity index (χ1v) is 14.3. The molecule has 9 heteroatoms. The Morgan fingerprint density at radius 3 is 2.83 bits per heavy atom. The zero-order chi connectivity index (χ0) is 29.1. The van der Waals surface area contributed by atoms with E-state index in [0.29, 0.717) is 26.2 Å². The van der Waals surface area contributed by atoms with E-state index in [4.69, 9.17) is 14.2 Å². The Morgan fingerprint density at radius 1 is 1.15 bits per heavy atom. The Bertz CT molecular complexity index is 1380. The van der Waals surface area contributed by atoms with Gasteiger partial charge in [0.25, 0.3) is 0 Å². The quantitative estimate of drug-likeness (QED) is 0.171. The molecule has 0 aliphatic carbocycles. The summed E-state index contributed by atoms with van der Waals surface area (Å²) in [4.78, 5) is 14.2. The summed E-state index contributed by atoms with van der Waals surface area (Å²) in [5.74, 6) is 6.38. The van der Waals surface area contributed by atoms with Gasteiger partial charge in [-0.1, -0.05) is 42.9 Å². The fourth-order valence-electron chi connectivity index (χ4n) is 4.59. The predicted octanol–water partition coefficient (Wildman–Crippen LogP) is 4.22. The number of rotatable bonds is 14. The van der Waals surface area contributed by atoms with Crippen LogP contribution < -0.4 is 15.7 Å². The number of fused-ring (bicyclic) bond motifs is 1. The number of H-pyrrole nitrogens is 1. The van der Waals surface area contributed by atoms with Crippen LogP contribution in [0.25, 0.3) is 0 Å². The molecule has 3 aromatic rings. The molecule has 1 aromatic heterocycles. The maximum atomic E-state index is 11.7. The van der Waals surface area contributed by atoms with E-state index in [2.05, 4.69) is 22.1 Å². The minimum atomic E-state index is -0.619. The average Bonchev–Trinajstić information content (AvgIpc) is 3.27. The van der Waals surface area contributed by atoms with Crippen molar-refractivity contribution in [3.63, 3.8) is 0 Å². The molecule has 1 aliphatic rings. The molecule has 4 N–H and O–H groups in total. The van der Waals surface area contributed by atoms with Gasteiger partial charge >= 0.3 is 5.69 Å². The Morgan fingerprint density at radius 2 is 2.00 bits per heavy atom. The van der Waals surface area contributed by atoms with Gasteiger partial charge in [-0.05, 0) is 54.8 Å². The Labute approximate surface area is 241 Å². The van der Waals surface area contributed by atoms with E-state index >= 15 is 0 Å². The third kappa shape index (κ3) is 9.51. The van der Waals surface area contributed by atoms with E-state index in [9.17, 15) is 15.0 Å². The van der Waals surface area contributed by atoms with Crippen LogP contribution in [0.4, 0.5) is 0 Å². The number of nitrogens with one attached hydrogen (secondary N) is 2. The number of aromatic amines is 1. The molecule has 0 bridgehead atoms. The third-order valence-electron chi connectivity index (χ3n) is 6.85. The van der Waals surface area contributed by atoms with Gasteiger partial charge in [0, 0.05) is 44.5 Å². The minimum absolute atomic E-state index is 0.0889. The molecule has 2 heterocycles. The van der Waals surface area contributed by atoms with Gasteiger partial charge in [-0.25, -0.2) is 4.79 Å². The number of unbranched alkanes of at least 4 members (excludes halogenated alkanes) is 3. The van der Waals surface area contributed by atoms with Crippen LogP contribution in [-0.4, -0.2) is 51.9 Å². The smallest absolute Gasteiger partial charge is 0.328 e. The van der Waals surface area contributed by atoms with Crippen molar-refractivity contribution in [3.05, 3.63) is 81.4 Å². The number of ether oxygens (including phenoxy) is 3. The summed E-state index contributed by atoms with van der Waals surface area (Å²) in [6, 6.07) is 13.4. The summed E-state index contributed by atoms with van der Waals surface area (Å²) in [6.45, 7) is 7.24. The molecular formula is C32H41N3O6. The maximum Gasteiger partial charge on any atom is 0.328 e. The van der Waals surface area contributed by atoms with Crippen LogP contribution in [0.15, 0.2) is 53.5 Å². The predicted molar refractivity (Wildman–Crippen MR) is 157 cm³/mol. The van der Waals surface area contributed by atoms with Crippen molar-refractivity contribution in [3.8, 4) is 23.5 Å². The molecule has 0 amide bonds. The van der Waals surface area contributed by atoms with Gasteiger partial charge in [0.05, 0.1) is 32.1 Å². The van der Waals surface area contributed by atoms with Gasteiger partial charge in [-0.3, -0.25) is 4.57 Å². The highest BCUT2D eigenvalue weighted by atomic mass is 16.7. The molecule has 4 rings (SSSR count). The van der Waals surface area contributed by atoms with Crippen LogP contribution in [0, 0.1) is 11.8 Å². The van der Waals surface area contributed by atoms with Crippen molar-refractivity contribution in [2.75, 3.05) is 26.3 Å². The molecule has 0 saturated heterocycles. The fourth-order valence-corrected chi connectivity index (χ4v) is 4.59. The average molecular weight is 564 g/mol. The third-order valence-corrected chi connectivity index (χ3v) is 6.85. The van der Waals surface area contributed by atoms with E-state index in [1.54, 1.807) is 0 Å². The first kappa shape index (κ1) is 30.4. The lowest BCUT2D eigenvalue weighted by Gasteiger charge is -2.33. The lowest BCUT2D eigenvalue weighted by atomic mass is 10.0. The molecule has 0 unspecified atom stereocenters. The molecule has 0 spiro atoms. The van der Waals surface area contributed by atoms with Gasteiger partial charge < -0.3 is 34.7 Å². The molecule has 1 atom stereocenters. The lowest BCUT2D eigenvalue weighted by Crippen LogP contribution is -2.35. The van der Waals surface area contributed by atoms with Gasteiger partial charge in [0.1, 0.15) is 5.75 Å². The topological polar surface area (TPSA) is 118 Å². The second-order valence-corrected chi connectivity index (χ2v) is 10.7. The van der Waals surface area contributed by atoms with E-state index in [0.717, 1.165) is 66.8 Å². The summed E-state index contributed by atoms with van der Waals surface area (Å²) in [5.41, 5.74) is 3.24. The van der Waals surface area contributed by atoms with Gasteiger partial charge in [0.2, 0.25) is 11.7 Å². The SMILES string of the molecule is CC1(C)OCc2cc([C@@H](O)CNCCCCCCOCCC#Cc3cccc(Cn4c(O)c[nH]c4=O)c3)ccc2O1. The van der Waals surface area contributed by atoms with Crippen molar-refractivity contribution in [1.29, 1.82) is 0 Å². The highest BCUT2D eigenvalue weighted by Gasteiger charge is 2.27. The monoisotopic (exact) mass is 563 g/mol. The molecule has 0 saturated carbocycles. The van der Waals surface area contributed by atoms with Crippen molar-refractivity contribution >= 4 is 0 Å². The number of benzene rings is 2. The largest absolute Gasteiger partial charge is 0.493 e. The highest BCUT2D eigenvalue weighted by Crippen LogP contribution is 2.32. The number of hydrogen-bond donors (Lipinski definition) is 4. The van der Waals surface area contributed by atoms with Gasteiger partial charge in [-0.15, -0.1) is 0 Å². The highest BCUT2D eigenvalue weighted by molar-refractivity contribution is 5.39. The number of aromatic nitrogens is 2. The number of aromatic hydroxyl groups is 1. The van der Waals surface area contributed by atoms with Gasteiger partial charge in [-0.2, -0.15) is 0 Å². The number of aliphatic hydroxyl groups excluding tert-OH is 1. The zero-order valence-electron chi connectivity index (χ0n) is 23.9. The normalized spacial score (nSPS) is 14.5. The molecular weight excluding hydrogens is 522 g/mol. The lowest BCUT2D eigenvalue weighted by molar-refractivity contribution is -0.180. The Balaban J connectivity index is 1.01. The minimum Gasteiger partial charge on any atom is -0.493 e. The molecule has 0 radical (unpaired) electrons. The summed E-state index contributed by atoms with van der Waals surface area (Å²) in [7, 11) is 0. The first-order valence-electron chi connectivity index (χ1n) is 14.3. The fraction of sp³-hybridized carbons (Fsp3) is 0.469. The van der Waals surface area contributed by atoms with E-state index in [1.807, 2.05) is 56.3 Å². The van der Waals surface area contributed by atoms with Crippen LogP contribution in [0.5, 0.6) is 11.6 Å². The number of imidazole rings is 1. The van der Waals surface area contributed by atoms with Crippen LogP contribution in [0.3, 0.4) is 0 Å². The van der Waals surface area contributed by atoms with Crippen molar-refractivity contribution in [1.82, 2.24) is 14.9 Å². The number of aliphatic hydroxyl groups is 1. The van der Waals surface area contributed by atoms with E-state index in [-0.39, 0.29) is 18.1 Å². The van der Waals surface area contributed by atoms with Crippen molar-refractivity contribution < 1.29 is 24.4 Å². The van der Waals surface area contributed by atoms with Crippen molar-refractivity contribution in [2.24, 2.45) is 0 Å². The molecule has 1 aliphatic heterocycles. The molecule has 9 nitrogen and oxygen atoms in total. The molecule has 220 valence electrons. The van der Waals surface area contributed by atoms with Gasteiger partial charge in [0.15, 0.2) is 0 Å². The van der Waals surface area contributed by atoms with Crippen LogP contribution in [-0.2, 0) is 22.6 Å². The Hall–Kier alpha value is -3.55. The standard InChI is InChI=1S/C32H41N3O6/c1-32(2)40-23-27-19-26(13-14-29(27)41-32)28(36)20-33-15-6-3-4-7-16-39-17-8-5-10-24-11-9-12-25(18-24)22-35-30(37)21-34-31(35)38/h9,11-14,18-19,21,28,33,36-37H,3-4,6-8,15-17,20,22-23H2,1-2H3,(H,34,38)/t28-/m0/s1. The zero-order valence-corrected chi connectivity index (χ0v) is 23.9.